The van der Waals surface area contributed by atoms with Gasteiger partial charge in [0.25, 0.3) is 11.4 Å². The molecule has 1 aromatic heterocycles. The molecule has 0 saturated carbocycles. The summed E-state index contributed by atoms with van der Waals surface area (Å²) in [5.74, 6) is -4.06. The minimum atomic E-state index is -5.04. The predicted octanol–water partition coefficient (Wildman–Crippen LogP) is -0.223. The van der Waals surface area contributed by atoms with E-state index in [1.807, 2.05) is 0 Å². The van der Waals surface area contributed by atoms with Crippen LogP contribution in [0.15, 0.2) is 12.4 Å². The van der Waals surface area contributed by atoms with Gasteiger partial charge in [-0.05, 0) is 0 Å². The molecule has 2 heterocycles. The molecular weight excluding hydrogens is 241 g/mol. The van der Waals surface area contributed by atoms with Crippen LogP contribution in [-0.4, -0.2) is 26.9 Å². The molecule has 94 valence electrons. The van der Waals surface area contributed by atoms with Gasteiger partial charge in [0.05, 0.1) is 7.05 Å². The Kier molecular flexibility index (Phi) is 2.25. The van der Waals surface area contributed by atoms with Crippen molar-refractivity contribution in [3.63, 3.8) is 0 Å². The summed E-state index contributed by atoms with van der Waals surface area (Å²) in [5.41, 5.74) is -3.35. The molecule has 0 spiro atoms. The van der Waals surface area contributed by atoms with Crippen LogP contribution in [0.25, 0.3) is 0 Å². The third kappa shape index (κ3) is 1.36. The third-order valence-corrected chi connectivity index (χ3v) is 3.03. The smallest absolute Gasteiger partial charge is 0.430 e. The fourth-order valence-corrected chi connectivity index (χ4v) is 2.23. The number of hydrogen-bond donors (Lipinski definition) is 2. The van der Waals surface area contributed by atoms with Crippen molar-refractivity contribution in [2.45, 2.75) is 18.3 Å². The van der Waals surface area contributed by atoms with E-state index >= 15 is 0 Å². The van der Waals surface area contributed by atoms with E-state index < -0.39 is 36.0 Å². The van der Waals surface area contributed by atoms with Crippen LogP contribution in [0.4, 0.5) is 13.2 Å². The molecule has 5 nitrogen and oxygen atoms in total. The zero-order valence-corrected chi connectivity index (χ0v) is 8.77. The summed E-state index contributed by atoms with van der Waals surface area (Å²) in [4.78, 5) is 10.9. The molecule has 1 aliphatic rings. The number of halogens is 3. The summed E-state index contributed by atoms with van der Waals surface area (Å²) < 4.78 is 41.0. The van der Waals surface area contributed by atoms with Crippen molar-refractivity contribution in [3.8, 4) is 0 Å². The first-order valence-electron chi connectivity index (χ1n) is 4.76. The lowest BCUT2D eigenvalue weighted by atomic mass is 9.88. The van der Waals surface area contributed by atoms with Gasteiger partial charge >= 0.3 is 12.1 Å². The first kappa shape index (κ1) is 11.9. The van der Waals surface area contributed by atoms with Gasteiger partial charge in [-0.3, -0.25) is 4.79 Å². The topological polar surface area (TPSA) is 66.3 Å². The molecule has 2 atom stereocenters. The molecule has 0 bridgehead atoms. The molecule has 0 radical (unpaired) electrons. The summed E-state index contributed by atoms with van der Waals surface area (Å²) >= 11 is 0. The largest absolute Gasteiger partial charge is 0.481 e. The van der Waals surface area contributed by atoms with Crippen LogP contribution in [-0.2, 0) is 24.0 Å². The maximum Gasteiger partial charge on any atom is 0.430 e. The van der Waals surface area contributed by atoms with E-state index in [0.29, 0.717) is 0 Å². The van der Waals surface area contributed by atoms with E-state index in [0.717, 1.165) is 9.13 Å². The highest BCUT2D eigenvalue weighted by molar-refractivity contribution is 5.72. The standard InChI is InChI=1S/C9H9F3N2O3/c1-13-2-3-14-4-5(6(15)16)8(17,7(13)14)9(10,11)12/h2-3,5,17H,4H2,1H3/p+1/t5-,8-/m1/s1. The van der Waals surface area contributed by atoms with Crippen molar-refractivity contribution in [1.29, 1.82) is 0 Å². The van der Waals surface area contributed by atoms with Crippen LogP contribution in [0.1, 0.15) is 5.82 Å². The number of carboxylic acid groups (broad SMARTS) is 1. The molecule has 1 aromatic rings. The van der Waals surface area contributed by atoms with E-state index in [1.165, 1.54) is 19.4 Å². The number of aliphatic hydroxyl groups is 1. The molecule has 8 heteroatoms. The van der Waals surface area contributed by atoms with E-state index in [1.54, 1.807) is 0 Å². The average molecular weight is 251 g/mol. The monoisotopic (exact) mass is 251 g/mol. The summed E-state index contributed by atoms with van der Waals surface area (Å²) in [7, 11) is 1.33. The Labute approximate surface area is 93.7 Å². The van der Waals surface area contributed by atoms with Crippen molar-refractivity contribution >= 4 is 5.97 Å². The lowest BCUT2D eigenvalue weighted by Crippen LogP contribution is -2.54. The van der Waals surface area contributed by atoms with Crippen molar-refractivity contribution in [3.05, 3.63) is 18.2 Å². The number of aliphatic carboxylic acids is 1. The second-order valence-electron chi connectivity index (χ2n) is 4.04. The molecule has 0 aromatic carbocycles. The molecule has 1 aliphatic heterocycles. The Morgan fingerprint density at radius 3 is 2.71 bits per heavy atom. The van der Waals surface area contributed by atoms with Gasteiger partial charge in [-0.1, -0.05) is 0 Å². The molecule has 0 aliphatic carbocycles. The summed E-state index contributed by atoms with van der Waals surface area (Å²) in [6.07, 6.45) is -2.39. The quantitative estimate of drug-likeness (QED) is 0.678. The molecule has 0 saturated heterocycles. The lowest BCUT2D eigenvalue weighted by molar-refractivity contribution is -0.688. The number of nitrogens with zero attached hydrogens (tertiary/aromatic N) is 2. The number of fused-ring (bicyclic) bond motifs is 1. The molecule has 17 heavy (non-hydrogen) atoms. The number of hydrogen-bond acceptors (Lipinski definition) is 2. The van der Waals surface area contributed by atoms with Gasteiger partial charge in [0, 0.05) is 0 Å². The van der Waals surface area contributed by atoms with Gasteiger partial charge in [-0.25, -0.2) is 9.13 Å². The van der Waals surface area contributed by atoms with Crippen LogP contribution in [0.2, 0.25) is 0 Å². The molecular formula is C9H10F3N2O3+. The van der Waals surface area contributed by atoms with Crippen LogP contribution in [0.5, 0.6) is 0 Å². The highest BCUT2D eigenvalue weighted by atomic mass is 19.4. The van der Waals surface area contributed by atoms with E-state index in [-0.39, 0.29) is 0 Å². The van der Waals surface area contributed by atoms with Gasteiger partial charge in [0.1, 0.15) is 24.9 Å². The van der Waals surface area contributed by atoms with Gasteiger partial charge in [0.15, 0.2) is 0 Å². The minimum Gasteiger partial charge on any atom is -0.481 e. The van der Waals surface area contributed by atoms with Gasteiger partial charge in [-0.15, -0.1) is 0 Å². The fraction of sp³-hybridized carbons (Fsp3) is 0.556. The second-order valence-corrected chi connectivity index (χ2v) is 4.04. The SMILES string of the molecule is C[n+]1ccn2c1[C@@](O)(C(F)(F)F)[C@@H](C(=O)O)C2. The summed E-state index contributed by atoms with van der Waals surface area (Å²) in [5, 5.41) is 18.6. The number of rotatable bonds is 1. The molecule has 2 rings (SSSR count). The van der Waals surface area contributed by atoms with Gasteiger partial charge < -0.3 is 10.2 Å². The van der Waals surface area contributed by atoms with Crippen LogP contribution in [0.3, 0.4) is 0 Å². The van der Waals surface area contributed by atoms with Crippen molar-refractivity contribution in [2.24, 2.45) is 13.0 Å². The normalized spacial score (nSPS) is 28.2. The third-order valence-electron chi connectivity index (χ3n) is 3.03. The summed E-state index contributed by atoms with van der Waals surface area (Å²) in [6.45, 7) is -0.401. The first-order chi connectivity index (χ1) is 7.69. The highest BCUT2D eigenvalue weighted by Gasteiger charge is 2.72. The Morgan fingerprint density at radius 2 is 2.24 bits per heavy atom. The van der Waals surface area contributed by atoms with E-state index in [9.17, 15) is 23.1 Å². The van der Waals surface area contributed by atoms with Crippen LogP contribution in [0, 0.1) is 5.92 Å². The van der Waals surface area contributed by atoms with Gasteiger partial charge in [0.2, 0.25) is 0 Å². The number of aromatic nitrogens is 2. The maximum atomic E-state index is 13.0. The lowest BCUT2D eigenvalue weighted by Gasteiger charge is -2.26. The van der Waals surface area contributed by atoms with Crippen molar-refractivity contribution in [2.75, 3.05) is 0 Å². The number of imidazole rings is 1. The Morgan fingerprint density at radius 1 is 1.65 bits per heavy atom. The minimum absolute atomic E-state index is 0.401. The van der Waals surface area contributed by atoms with Crippen LogP contribution >= 0.6 is 0 Å². The Bertz CT molecular complexity index is 482. The second kappa shape index (κ2) is 3.22. The average Bonchev–Trinajstić information content (AvgIpc) is 2.66. The predicted molar refractivity (Wildman–Crippen MR) is 46.7 cm³/mol. The number of carboxylic acids is 1. The summed E-state index contributed by atoms with van der Waals surface area (Å²) in [6, 6.07) is 0. The Hall–Kier alpha value is -1.57. The number of alkyl halides is 3. The van der Waals surface area contributed by atoms with E-state index in [2.05, 4.69) is 0 Å². The zero-order valence-electron chi connectivity index (χ0n) is 8.77. The molecule has 2 N–H and O–H groups in total. The Balaban J connectivity index is 2.65. The van der Waals surface area contributed by atoms with Gasteiger partial charge in [-0.2, -0.15) is 13.2 Å². The van der Waals surface area contributed by atoms with Crippen LogP contribution < -0.4 is 4.57 Å². The molecule has 0 fully saturated rings. The van der Waals surface area contributed by atoms with Crippen molar-refractivity contribution in [1.82, 2.24) is 4.57 Å². The molecule has 0 unspecified atom stereocenters. The first-order valence-corrected chi connectivity index (χ1v) is 4.76. The zero-order chi connectivity index (χ0) is 13.0. The highest BCUT2D eigenvalue weighted by Crippen LogP contribution is 2.47. The van der Waals surface area contributed by atoms with Crippen molar-refractivity contribution < 1.29 is 32.7 Å². The van der Waals surface area contributed by atoms with E-state index in [4.69, 9.17) is 5.11 Å². The maximum absolute atomic E-state index is 13.0. The fourth-order valence-electron chi connectivity index (χ4n) is 2.23. The number of aryl methyl sites for hydroxylation is 1. The molecule has 0 amide bonds. The number of carbonyl (C=O) groups is 1.